The van der Waals surface area contributed by atoms with Crippen LogP contribution >= 0.6 is 70.6 Å². The van der Waals surface area contributed by atoms with Crippen LogP contribution in [0.3, 0.4) is 0 Å². The average Bonchev–Trinajstić information content (AvgIpc) is 3.34. The Morgan fingerprint density at radius 3 is 1.23 bits per heavy atom. The van der Waals surface area contributed by atoms with Crippen molar-refractivity contribution >= 4 is 81.7 Å². The smallest absolute Gasteiger partial charge is 0.0586 e. The van der Waals surface area contributed by atoms with Gasteiger partial charge in [-0.15, -0.1) is 23.5 Å². The van der Waals surface area contributed by atoms with Gasteiger partial charge in [-0.25, -0.2) is 0 Å². The number of allylic oxidation sites excluding steroid dienone is 4. The second-order valence-electron chi connectivity index (χ2n) is 6.56. The van der Waals surface area contributed by atoms with E-state index in [-0.39, 0.29) is 0 Å². The number of hydrogen-bond acceptors (Lipinski definition) is 6. The molecule has 2 aromatic carbocycles. The van der Waals surface area contributed by atoms with Crippen LogP contribution in [0.2, 0.25) is 0 Å². The molecule has 4 rings (SSSR count). The molecular weight excluding hydrogens is 481 g/mol. The van der Waals surface area contributed by atoms with E-state index in [1.54, 1.807) is 0 Å². The van der Waals surface area contributed by atoms with Crippen LogP contribution in [0.4, 0.5) is 0 Å². The van der Waals surface area contributed by atoms with Crippen molar-refractivity contribution in [3.63, 3.8) is 0 Å². The van der Waals surface area contributed by atoms with Crippen LogP contribution in [0.25, 0.3) is 11.1 Å². The van der Waals surface area contributed by atoms with Crippen LogP contribution < -0.4 is 0 Å². The van der Waals surface area contributed by atoms with Crippen LogP contribution in [0.1, 0.15) is 25.0 Å². The lowest BCUT2D eigenvalue weighted by molar-refractivity contribution is 1.59. The number of hydrogen-bond donors (Lipinski definition) is 0. The highest BCUT2D eigenvalue weighted by Gasteiger charge is 2.29. The van der Waals surface area contributed by atoms with E-state index in [1.165, 1.54) is 49.0 Å². The summed E-state index contributed by atoms with van der Waals surface area (Å²) < 4.78 is 5.58. The molecule has 0 saturated carbocycles. The quantitative estimate of drug-likeness (QED) is 0.396. The first-order chi connectivity index (χ1) is 14.6. The highest BCUT2D eigenvalue weighted by atomic mass is 32.2. The Morgan fingerprint density at radius 1 is 0.567 bits per heavy atom. The van der Waals surface area contributed by atoms with Crippen molar-refractivity contribution in [3.05, 3.63) is 98.5 Å². The molecule has 0 aliphatic carbocycles. The third-order valence-electron chi connectivity index (χ3n) is 4.59. The molecule has 0 spiro atoms. The molecule has 0 bridgehead atoms. The fraction of sp³-hybridized carbons (Fsp3) is 0.167. The molecule has 0 nitrogen and oxygen atoms in total. The van der Waals surface area contributed by atoms with E-state index in [1.807, 2.05) is 70.6 Å². The molecule has 2 aromatic rings. The van der Waals surface area contributed by atoms with E-state index < -0.39 is 0 Å². The first kappa shape index (κ1) is 22.7. The van der Waals surface area contributed by atoms with Crippen molar-refractivity contribution in [2.75, 3.05) is 12.5 Å². The Hall–Kier alpha value is -0.500. The van der Waals surface area contributed by atoms with Crippen LogP contribution in [-0.4, -0.2) is 12.5 Å². The standard InChI is InChI=1S/C24H22S6/c1-15-21(25-3)29-23(27-15)19(17-11-7-5-8-12-17)20(18-13-9-6-10-14-18)24-28-16(2)22(26-4)30-24/h5-14H,1-4H3/b23-19-,24-20-. The van der Waals surface area contributed by atoms with Crippen LogP contribution in [0.15, 0.2) is 87.4 Å². The summed E-state index contributed by atoms with van der Waals surface area (Å²) in [6.07, 6.45) is 4.35. The minimum atomic E-state index is 1.28. The van der Waals surface area contributed by atoms with E-state index in [2.05, 4.69) is 87.0 Å². The number of benzene rings is 2. The third-order valence-corrected chi connectivity index (χ3v) is 12.5. The predicted molar refractivity (Wildman–Crippen MR) is 150 cm³/mol. The fourth-order valence-electron chi connectivity index (χ4n) is 3.23. The Balaban J connectivity index is 1.95. The van der Waals surface area contributed by atoms with Gasteiger partial charge in [-0.05, 0) is 37.5 Å². The van der Waals surface area contributed by atoms with Crippen LogP contribution in [0.5, 0.6) is 0 Å². The fourth-order valence-corrected chi connectivity index (χ4v) is 10.8. The summed E-state index contributed by atoms with van der Waals surface area (Å²) in [5, 5.41) is 0. The molecule has 2 heterocycles. The van der Waals surface area contributed by atoms with Gasteiger partial charge in [-0.1, -0.05) is 108 Å². The van der Waals surface area contributed by atoms with E-state index in [9.17, 15) is 0 Å². The molecule has 0 aromatic heterocycles. The summed E-state index contributed by atoms with van der Waals surface area (Å²) in [6, 6.07) is 21.8. The van der Waals surface area contributed by atoms with Crippen molar-refractivity contribution in [1.82, 2.24) is 0 Å². The molecule has 0 saturated heterocycles. The molecule has 0 atom stereocenters. The second kappa shape index (κ2) is 10.4. The van der Waals surface area contributed by atoms with Gasteiger partial charge in [0.1, 0.15) is 0 Å². The van der Waals surface area contributed by atoms with Crippen molar-refractivity contribution in [3.8, 4) is 0 Å². The largest absolute Gasteiger partial charge is 0.122 e. The maximum atomic E-state index is 2.25. The predicted octanol–water partition coefficient (Wildman–Crippen LogP) is 9.79. The molecular formula is C24H22S6. The monoisotopic (exact) mass is 502 g/mol. The van der Waals surface area contributed by atoms with E-state index in [0.717, 1.165) is 0 Å². The van der Waals surface area contributed by atoms with Gasteiger partial charge >= 0.3 is 0 Å². The first-order valence-corrected chi connectivity index (χ1v) is 15.1. The lowest BCUT2D eigenvalue weighted by Gasteiger charge is -2.18. The molecule has 2 aliphatic rings. The molecule has 2 aliphatic heterocycles. The summed E-state index contributed by atoms with van der Waals surface area (Å²) in [4.78, 5) is 2.80. The number of thioether (sulfide) groups is 6. The van der Waals surface area contributed by atoms with E-state index >= 15 is 0 Å². The van der Waals surface area contributed by atoms with Crippen LogP contribution in [0, 0.1) is 0 Å². The zero-order valence-corrected chi connectivity index (χ0v) is 22.1. The zero-order chi connectivity index (χ0) is 21.1. The minimum Gasteiger partial charge on any atom is -0.122 e. The summed E-state index contributed by atoms with van der Waals surface area (Å²) in [7, 11) is 0. The maximum Gasteiger partial charge on any atom is 0.0586 e. The van der Waals surface area contributed by atoms with Gasteiger partial charge in [0.2, 0.25) is 0 Å². The van der Waals surface area contributed by atoms with Gasteiger partial charge in [0.25, 0.3) is 0 Å². The molecule has 30 heavy (non-hydrogen) atoms. The topological polar surface area (TPSA) is 0 Å². The summed E-state index contributed by atoms with van der Waals surface area (Å²) in [6.45, 7) is 4.48. The van der Waals surface area contributed by atoms with E-state index in [0.29, 0.717) is 0 Å². The first-order valence-electron chi connectivity index (χ1n) is 9.43. The zero-order valence-electron chi connectivity index (χ0n) is 17.2. The lowest BCUT2D eigenvalue weighted by Crippen LogP contribution is -1.94. The third kappa shape index (κ3) is 4.79. The molecule has 0 amide bonds. The second-order valence-corrected chi connectivity index (χ2v) is 13.7. The highest BCUT2D eigenvalue weighted by molar-refractivity contribution is 8.36. The maximum absolute atomic E-state index is 2.25. The molecule has 6 heteroatoms. The van der Waals surface area contributed by atoms with E-state index in [4.69, 9.17) is 0 Å². The summed E-state index contributed by atoms with van der Waals surface area (Å²) in [5.41, 5.74) is 5.27. The van der Waals surface area contributed by atoms with Crippen molar-refractivity contribution in [2.45, 2.75) is 13.8 Å². The van der Waals surface area contributed by atoms with Gasteiger partial charge < -0.3 is 0 Å². The van der Waals surface area contributed by atoms with Crippen molar-refractivity contribution < 1.29 is 0 Å². The minimum absolute atomic E-state index is 1.28. The van der Waals surface area contributed by atoms with Gasteiger partial charge in [0, 0.05) is 21.0 Å². The van der Waals surface area contributed by atoms with Crippen molar-refractivity contribution in [2.24, 2.45) is 0 Å². The molecule has 154 valence electrons. The molecule has 0 unspecified atom stereocenters. The van der Waals surface area contributed by atoms with Crippen LogP contribution in [-0.2, 0) is 0 Å². The number of rotatable bonds is 5. The Morgan fingerprint density at radius 2 is 0.933 bits per heavy atom. The van der Waals surface area contributed by atoms with Crippen molar-refractivity contribution in [1.29, 1.82) is 0 Å². The normalized spacial score (nSPS) is 20.3. The lowest BCUT2D eigenvalue weighted by atomic mass is 9.95. The van der Waals surface area contributed by atoms with Gasteiger partial charge in [-0.3, -0.25) is 0 Å². The highest BCUT2D eigenvalue weighted by Crippen LogP contribution is 2.61. The SMILES string of the molecule is CSC1=C(C)S/C(=C(/C(=C2/SC(C)=C(SC)S2)c2ccccc2)c2ccccc2)S1. The molecule has 0 radical (unpaired) electrons. The Kier molecular flexibility index (Phi) is 7.87. The molecule has 0 fully saturated rings. The van der Waals surface area contributed by atoms with Gasteiger partial charge in [0.15, 0.2) is 0 Å². The summed E-state index contributed by atoms with van der Waals surface area (Å²) >= 11 is 11.4. The van der Waals surface area contributed by atoms with Gasteiger partial charge in [-0.2, -0.15) is 0 Å². The van der Waals surface area contributed by atoms with Gasteiger partial charge in [0.05, 0.1) is 16.9 Å². The summed E-state index contributed by atoms with van der Waals surface area (Å²) in [5.74, 6) is 0. The Bertz CT molecular complexity index is 974. The molecule has 0 N–H and O–H groups in total. The Labute approximate surface area is 205 Å². The average molecular weight is 503 g/mol.